The molecule has 2 atom stereocenters. The summed E-state index contributed by atoms with van der Waals surface area (Å²) < 4.78 is 11.3. The van der Waals surface area contributed by atoms with Crippen LogP contribution in [0.25, 0.3) is 0 Å². The predicted octanol–water partition coefficient (Wildman–Crippen LogP) is 1.41. The molecule has 0 bridgehead atoms. The number of nitrogens with two attached hydrogens (primary N) is 1. The molecule has 100 valence electrons. The molecule has 0 aliphatic heterocycles. The molecule has 18 heavy (non-hydrogen) atoms. The maximum Gasteiger partial charge on any atom is 0.221 e. The molecule has 0 spiro atoms. The summed E-state index contributed by atoms with van der Waals surface area (Å²) >= 11 is 0. The first-order valence-electron chi connectivity index (χ1n) is 6.22. The van der Waals surface area contributed by atoms with Crippen LogP contribution in [-0.4, -0.2) is 29.3 Å². The smallest absolute Gasteiger partial charge is 0.221 e. The fourth-order valence-corrected chi connectivity index (χ4v) is 2.28. The zero-order valence-corrected chi connectivity index (χ0v) is 10.8. The van der Waals surface area contributed by atoms with Crippen LogP contribution < -0.4 is 16.0 Å². The summed E-state index contributed by atoms with van der Waals surface area (Å²) in [5, 5.41) is 0. The van der Waals surface area contributed by atoms with Gasteiger partial charge in [-0.15, -0.1) is 0 Å². The van der Waals surface area contributed by atoms with Gasteiger partial charge in [0.2, 0.25) is 5.88 Å². The minimum Gasteiger partial charge on any atom is -0.474 e. The van der Waals surface area contributed by atoms with Crippen molar-refractivity contribution in [1.29, 1.82) is 0 Å². The largest absolute Gasteiger partial charge is 0.474 e. The van der Waals surface area contributed by atoms with Crippen molar-refractivity contribution in [3.8, 4) is 5.88 Å². The fraction of sp³-hybridized carbons (Fsp3) is 0.667. The number of hydrogen-bond donors (Lipinski definition) is 2. The van der Waals surface area contributed by atoms with Gasteiger partial charge in [0.25, 0.3) is 0 Å². The van der Waals surface area contributed by atoms with Gasteiger partial charge in [0.15, 0.2) is 0 Å². The molecule has 6 heteroatoms. The molecule has 1 aliphatic rings. The van der Waals surface area contributed by atoms with Gasteiger partial charge in [0.05, 0.1) is 11.7 Å². The summed E-state index contributed by atoms with van der Waals surface area (Å²) in [6.45, 7) is 1.89. The third kappa shape index (κ3) is 2.88. The Labute approximate surface area is 107 Å². The lowest BCUT2D eigenvalue weighted by atomic mass is 9.95. The number of methoxy groups -OCH3 is 1. The molecule has 6 nitrogen and oxygen atoms in total. The molecule has 1 aliphatic carbocycles. The number of nitrogens with one attached hydrogen (secondary N) is 1. The molecule has 3 N–H and O–H groups in total. The number of rotatable bonds is 4. The van der Waals surface area contributed by atoms with Crippen molar-refractivity contribution < 1.29 is 9.47 Å². The third-order valence-corrected chi connectivity index (χ3v) is 3.36. The lowest BCUT2D eigenvalue weighted by molar-refractivity contribution is 0.0192. The van der Waals surface area contributed by atoms with E-state index in [1.54, 1.807) is 7.11 Å². The predicted molar refractivity (Wildman–Crippen MR) is 68.3 cm³/mol. The van der Waals surface area contributed by atoms with Crippen molar-refractivity contribution >= 4 is 5.82 Å². The fourth-order valence-electron chi connectivity index (χ4n) is 2.28. The normalized spacial score (nSPS) is 23.7. The molecule has 0 aromatic carbocycles. The molecule has 1 aromatic rings. The van der Waals surface area contributed by atoms with Gasteiger partial charge in [-0.3, -0.25) is 0 Å². The van der Waals surface area contributed by atoms with Crippen molar-refractivity contribution in [3.05, 3.63) is 11.9 Å². The Bertz CT molecular complexity index is 400. The third-order valence-electron chi connectivity index (χ3n) is 3.36. The zero-order valence-electron chi connectivity index (χ0n) is 10.8. The number of nitrogen functional groups attached to an aromatic ring is 1. The Morgan fingerprint density at radius 1 is 1.33 bits per heavy atom. The van der Waals surface area contributed by atoms with Crippen molar-refractivity contribution in [1.82, 2.24) is 9.97 Å². The van der Waals surface area contributed by atoms with Crippen molar-refractivity contribution in [2.75, 3.05) is 12.5 Å². The highest BCUT2D eigenvalue weighted by Crippen LogP contribution is 2.27. The summed E-state index contributed by atoms with van der Waals surface area (Å²) in [6.07, 6.45) is 6.07. The Morgan fingerprint density at radius 2 is 2.11 bits per heavy atom. The quantitative estimate of drug-likeness (QED) is 0.622. The van der Waals surface area contributed by atoms with Crippen LogP contribution in [0, 0.1) is 6.92 Å². The second-order valence-corrected chi connectivity index (χ2v) is 4.56. The summed E-state index contributed by atoms with van der Waals surface area (Å²) in [6, 6.07) is 0. The van der Waals surface area contributed by atoms with Gasteiger partial charge in [-0.25, -0.2) is 15.8 Å². The molecule has 2 rings (SSSR count). The van der Waals surface area contributed by atoms with E-state index in [9.17, 15) is 0 Å². The molecule has 2 unspecified atom stereocenters. The van der Waals surface area contributed by atoms with Gasteiger partial charge in [0, 0.05) is 13.5 Å². The van der Waals surface area contributed by atoms with Gasteiger partial charge in [-0.2, -0.15) is 0 Å². The van der Waals surface area contributed by atoms with E-state index in [0.717, 1.165) is 31.2 Å². The number of aromatic nitrogens is 2. The number of hydrogen-bond acceptors (Lipinski definition) is 6. The SMILES string of the molecule is COC1CCCC(Oc2ncnc(NN)c2C)C1. The Balaban J connectivity index is 2.04. The first-order valence-corrected chi connectivity index (χ1v) is 6.22. The summed E-state index contributed by atoms with van der Waals surface area (Å²) in [4.78, 5) is 8.19. The van der Waals surface area contributed by atoms with Gasteiger partial charge < -0.3 is 14.9 Å². The van der Waals surface area contributed by atoms with Crippen LogP contribution in [0.3, 0.4) is 0 Å². The molecule has 1 heterocycles. The van der Waals surface area contributed by atoms with E-state index >= 15 is 0 Å². The van der Waals surface area contributed by atoms with Crippen LogP contribution >= 0.6 is 0 Å². The molecule has 0 amide bonds. The number of hydrazine groups is 1. The van der Waals surface area contributed by atoms with Crippen LogP contribution in [0.4, 0.5) is 5.82 Å². The van der Waals surface area contributed by atoms with Crippen LogP contribution in [0.2, 0.25) is 0 Å². The summed E-state index contributed by atoms with van der Waals surface area (Å²) in [7, 11) is 1.75. The first kappa shape index (κ1) is 13.0. The molecular weight excluding hydrogens is 232 g/mol. The number of ether oxygens (including phenoxy) is 2. The van der Waals surface area contributed by atoms with Gasteiger partial charge in [-0.05, 0) is 26.2 Å². The molecule has 0 radical (unpaired) electrons. The Morgan fingerprint density at radius 3 is 2.83 bits per heavy atom. The molecule has 0 saturated heterocycles. The second-order valence-electron chi connectivity index (χ2n) is 4.56. The molecule has 1 fully saturated rings. The monoisotopic (exact) mass is 252 g/mol. The van der Waals surface area contributed by atoms with Crippen LogP contribution in [0.1, 0.15) is 31.2 Å². The van der Waals surface area contributed by atoms with Crippen LogP contribution in [-0.2, 0) is 4.74 Å². The lowest BCUT2D eigenvalue weighted by Gasteiger charge is -2.28. The topological polar surface area (TPSA) is 82.3 Å². The van der Waals surface area contributed by atoms with E-state index in [1.165, 1.54) is 6.33 Å². The average Bonchev–Trinajstić information content (AvgIpc) is 2.41. The van der Waals surface area contributed by atoms with Crippen LogP contribution in [0.15, 0.2) is 6.33 Å². The van der Waals surface area contributed by atoms with E-state index < -0.39 is 0 Å². The van der Waals surface area contributed by atoms with Gasteiger partial charge in [-0.1, -0.05) is 0 Å². The second kappa shape index (κ2) is 5.97. The maximum absolute atomic E-state index is 5.93. The highest BCUT2D eigenvalue weighted by Gasteiger charge is 2.24. The van der Waals surface area contributed by atoms with Crippen molar-refractivity contribution in [3.63, 3.8) is 0 Å². The van der Waals surface area contributed by atoms with Crippen molar-refractivity contribution in [2.45, 2.75) is 44.8 Å². The summed E-state index contributed by atoms with van der Waals surface area (Å²) in [5.74, 6) is 6.57. The zero-order chi connectivity index (χ0) is 13.0. The van der Waals surface area contributed by atoms with E-state index in [4.69, 9.17) is 15.3 Å². The minimum atomic E-state index is 0.155. The lowest BCUT2D eigenvalue weighted by Crippen LogP contribution is -2.30. The Kier molecular flexibility index (Phi) is 4.33. The highest BCUT2D eigenvalue weighted by molar-refractivity contribution is 5.46. The first-order chi connectivity index (χ1) is 8.74. The van der Waals surface area contributed by atoms with E-state index in [2.05, 4.69) is 15.4 Å². The Hall–Kier alpha value is -1.40. The molecular formula is C12H20N4O2. The van der Waals surface area contributed by atoms with E-state index in [0.29, 0.717) is 11.7 Å². The van der Waals surface area contributed by atoms with E-state index in [1.807, 2.05) is 6.92 Å². The average molecular weight is 252 g/mol. The highest BCUT2D eigenvalue weighted by atomic mass is 16.5. The standard InChI is InChI=1S/C12H20N4O2/c1-8-11(16-13)14-7-15-12(8)18-10-5-3-4-9(6-10)17-2/h7,9-10H,3-6,13H2,1-2H3,(H,14,15,16). The number of anilines is 1. The van der Waals surface area contributed by atoms with Gasteiger partial charge >= 0.3 is 0 Å². The maximum atomic E-state index is 5.93. The molecule has 1 aromatic heterocycles. The summed E-state index contributed by atoms with van der Waals surface area (Å²) in [5.41, 5.74) is 3.37. The van der Waals surface area contributed by atoms with Crippen LogP contribution in [0.5, 0.6) is 5.88 Å². The van der Waals surface area contributed by atoms with Gasteiger partial charge in [0.1, 0.15) is 18.2 Å². The minimum absolute atomic E-state index is 0.155. The van der Waals surface area contributed by atoms with Crippen molar-refractivity contribution in [2.24, 2.45) is 5.84 Å². The number of nitrogens with zero attached hydrogens (tertiary/aromatic N) is 2. The van der Waals surface area contributed by atoms with E-state index in [-0.39, 0.29) is 12.2 Å². The molecule has 1 saturated carbocycles.